The molecule has 7 rings (SSSR count). The van der Waals surface area contributed by atoms with E-state index in [1.165, 1.54) is 0 Å². The maximum absolute atomic E-state index is 13.9. The van der Waals surface area contributed by atoms with E-state index in [0.717, 1.165) is 85.9 Å². The molecule has 1 unspecified atom stereocenters. The van der Waals surface area contributed by atoms with Crippen LogP contribution in [-0.4, -0.2) is 99.4 Å². The van der Waals surface area contributed by atoms with E-state index in [1.807, 2.05) is 71.4 Å². The molecule has 3 aliphatic rings. The Morgan fingerprint density at radius 1 is 1.00 bits per heavy atom. The van der Waals surface area contributed by atoms with Crippen LogP contribution in [0.15, 0.2) is 78.5 Å². The summed E-state index contributed by atoms with van der Waals surface area (Å²) in [5.41, 5.74) is 8.69. The Hall–Kier alpha value is -4.76. The van der Waals surface area contributed by atoms with Gasteiger partial charge in [-0.2, -0.15) is 10.4 Å². The first-order valence-corrected chi connectivity index (χ1v) is 16.8. The van der Waals surface area contributed by atoms with Crippen molar-refractivity contribution in [2.45, 2.75) is 44.3 Å². The average Bonchev–Trinajstić information content (AvgIpc) is 3.48. The van der Waals surface area contributed by atoms with E-state index in [2.05, 4.69) is 34.7 Å². The van der Waals surface area contributed by atoms with Gasteiger partial charge in [-0.05, 0) is 75.2 Å². The molecule has 248 valence electrons. The number of amides is 1. The maximum Gasteiger partial charge on any atom is 0.264 e. The minimum Gasteiger partial charge on any atom is -0.457 e. The van der Waals surface area contributed by atoms with Crippen molar-refractivity contribution in [3.63, 3.8) is 0 Å². The largest absolute Gasteiger partial charge is 0.457 e. The number of benzene rings is 2. The first-order chi connectivity index (χ1) is 23.3. The number of fused-ring (bicyclic) bond motifs is 1. The molecule has 0 spiro atoms. The Labute approximate surface area is 281 Å². The summed E-state index contributed by atoms with van der Waals surface area (Å²) in [7, 11) is 0. The number of nitrogens with zero attached hydrogens (tertiary/aromatic N) is 7. The third kappa shape index (κ3) is 6.39. The molecule has 1 atom stereocenters. The zero-order valence-corrected chi connectivity index (χ0v) is 27.6. The average molecular weight is 647 g/mol. The van der Waals surface area contributed by atoms with Gasteiger partial charge in [0.05, 0.1) is 36.2 Å². The normalized spacial score (nSPS) is 20.0. The maximum atomic E-state index is 13.9. The molecule has 1 amide bonds. The lowest BCUT2D eigenvalue weighted by molar-refractivity contribution is -0.128. The number of hydrogen-bond acceptors (Lipinski definition) is 9. The molecule has 0 saturated carbocycles. The molecule has 11 nitrogen and oxygen atoms in total. The SMILES string of the molecule is CC(C)(C=C(C#N)C(=O)N1CCCC(n2nc(-c3ccc(Oc4ccccc4)cc3)c3c(N)nccc32)C1)N1CCN(C2COC2)CC1. The van der Waals surface area contributed by atoms with E-state index in [9.17, 15) is 10.1 Å². The first-order valence-electron chi connectivity index (χ1n) is 16.8. The summed E-state index contributed by atoms with van der Waals surface area (Å²) in [6, 6.07) is 22.0. The topological polar surface area (TPSA) is 126 Å². The highest BCUT2D eigenvalue weighted by Gasteiger charge is 2.35. The number of ether oxygens (including phenoxy) is 2. The predicted octanol–water partition coefficient (Wildman–Crippen LogP) is 4.88. The molecule has 5 heterocycles. The molecule has 48 heavy (non-hydrogen) atoms. The molecule has 0 radical (unpaired) electrons. The van der Waals surface area contributed by atoms with Gasteiger partial charge in [0.1, 0.15) is 34.7 Å². The number of piperidine rings is 1. The summed E-state index contributed by atoms with van der Waals surface area (Å²) in [5, 5.41) is 16.0. The minimum atomic E-state index is -0.433. The van der Waals surface area contributed by atoms with Gasteiger partial charge in [0.25, 0.3) is 5.91 Å². The van der Waals surface area contributed by atoms with Gasteiger partial charge < -0.3 is 20.1 Å². The molecule has 0 bridgehead atoms. The Balaban J connectivity index is 1.09. The summed E-state index contributed by atoms with van der Waals surface area (Å²) >= 11 is 0. The van der Waals surface area contributed by atoms with Crippen molar-refractivity contribution < 1.29 is 14.3 Å². The molecule has 3 saturated heterocycles. The zero-order valence-electron chi connectivity index (χ0n) is 27.6. The summed E-state index contributed by atoms with van der Waals surface area (Å²) in [6.45, 7) is 10.5. The highest BCUT2D eigenvalue weighted by Crippen LogP contribution is 2.36. The Kier molecular flexibility index (Phi) is 8.88. The molecule has 2 N–H and O–H groups in total. The summed E-state index contributed by atoms with van der Waals surface area (Å²) < 4.78 is 13.4. The second kappa shape index (κ2) is 13.4. The smallest absolute Gasteiger partial charge is 0.264 e. The van der Waals surface area contributed by atoms with Crippen LogP contribution < -0.4 is 10.5 Å². The van der Waals surface area contributed by atoms with Crippen LogP contribution >= 0.6 is 0 Å². The van der Waals surface area contributed by atoms with Gasteiger partial charge in [0.2, 0.25) is 0 Å². The summed E-state index contributed by atoms with van der Waals surface area (Å²) in [5.74, 6) is 1.66. The lowest BCUT2D eigenvalue weighted by Crippen LogP contribution is -2.59. The van der Waals surface area contributed by atoms with Gasteiger partial charge in [-0.1, -0.05) is 18.2 Å². The van der Waals surface area contributed by atoms with E-state index >= 15 is 0 Å². The van der Waals surface area contributed by atoms with E-state index in [4.69, 9.17) is 20.3 Å². The number of pyridine rings is 1. The number of carbonyl (C=O) groups is 1. The predicted molar refractivity (Wildman–Crippen MR) is 184 cm³/mol. The first kappa shape index (κ1) is 31.8. The summed E-state index contributed by atoms with van der Waals surface area (Å²) in [4.78, 5) is 24.9. The number of rotatable bonds is 8. The fourth-order valence-corrected chi connectivity index (χ4v) is 7.09. The molecule has 2 aromatic carbocycles. The lowest BCUT2D eigenvalue weighted by Gasteiger charge is -2.46. The van der Waals surface area contributed by atoms with Crippen molar-refractivity contribution in [3.05, 3.63) is 78.5 Å². The van der Waals surface area contributed by atoms with Crippen molar-refractivity contribution in [1.29, 1.82) is 5.26 Å². The van der Waals surface area contributed by atoms with E-state index in [1.54, 1.807) is 11.1 Å². The van der Waals surface area contributed by atoms with Crippen molar-refractivity contribution in [2.24, 2.45) is 0 Å². The number of hydrogen-bond donors (Lipinski definition) is 1. The second-order valence-corrected chi connectivity index (χ2v) is 13.4. The Morgan fingerprint density at radius 2 is 1.73 bits per heavy atom. The van der Waals surface area contributed by atoms with E-state index in [0.29, 0.717) is 24.9 Å². The number of carbonyl (C=O) groups excluding carboxylic acids is 1. The van der Waals surface area contributed by atoms with Crippen LogP contribution in [0.4, 0.5) is 5.82 Å². The summed E-state index contributed by atoms with van der Waals surface area (Å²) in [6.07, 6.45) is 5.20. The number of likely N-dealkylation sites (tertiary alicyclic amines) is 1. The third-order valence-corrected chi connectivity index (χ3v) is 9.90. The number of anilines is 1. The van der Waals surface area contributed by atoms with Crippen molar-refractivity contribution in [1.82, 2.24) is 29.5 Å². The van der Waals surface area contributed by atoms with E-state index < -0.39 is 5.54 Å². The van der Waals surface area contributed by atoms with Gasteiger partial charge in [-0.15, -0.1) is 0 Å². The van der Waals surface area contributed by atoms with Crippen LogP contribution in [0.25, 0.3) is 22.2 Å². The van der Waals surface area contributed by atoms with Gasteiger partial charge in [-0.25, -0.2) is 4.98 Å². The molecular weight excluding hydrogens is 604 g/mol. The standard InChI is InChI=1S/C37H42N8O3/c1-37(2,44-19-17-42(18-20-44)29-24-47-25-29)21-27(22-38)36(46)43-16-6-7-28(23-43)45-32-14-15-40-35(39)33(32)34(41-45)26-10-12-31(13-11-26)48-30-8-4-3-5-9-30/h3-5,8-15,21,28-29H,6-7,16-20,23-25H2,1-2H3,(H2,39,40). The van der Waals surface area contributed by atoms with Crippen molar-refractivity contribution in [2.75, 3.05) is 58.2 Å². The molecule has 4 aromatic rings. The third-order valence-electron chi connectivity index (χ3n) is 9.90. The molecule has 0 aliphatic carbocycles. The monoisotopic (exact) mass is 646 g/mol. The van der Waals surface area contributed by atoms with Crippen molar-refractivity contribution in [3.8, 4) is 28.8 Å². The van der Waals surface area contributed by atoms with Crippen LogP contribution in [0.5, 0.6) is 11.5 Å². The highest BCUT2D eigenvalue weighted by molar-refractivity contribution is 6.00. The number of piperazine rings is 1. The van der Waals surface area contributed by atoms with Crippen LogP contribution in [0.1, 0.15) is 32.7 Å². The number of nitrogen functional groups attached to an aromatic ring is 1. The second-order valence-electron chi connectivity index (χ2n) is 13.4. The highest BCUT2D eigenvalue weighted by atomic mass is 16.5. The van der Waals surface area contributed by atoms with Crippen LogP contribution in [0.2, 0.25) is 0 Å². The number of nitriles is 1. The molecular formula is C37H42N8O3. The van der Waals surface area contributed by atoms with Gasteiger partial charge in [0.15, 0.2) is 0 Å². The molecule has 3 fully saturated rings. The van der Waals surface area contributed by atoms with Crippen LogP contribution in [-0.2, 0) is 9.53 Å². The number of aromatic nitrogens is 3. The van der Waals surface area contributed by atoms with E-state index in [-0.39, 0.29) is 17.5 Å². The molecule has 11 heteroatoms. The van der Waals surface area contributed by atoms with Gasteiger partial charge >= 0.3 is 0 Å². The van der Waals surface area contributed by atoms with Crippen LogP contribution in [0.3, 0.4) is 0 Å². The minimum absolute atomic E-state index is 0.0852. The molecule has 2 aromatic heterocycles. The Morgan fingerprint density at radius 3 is 2.42 bits per heavy atom. The quantitative estimate of drug-likeness (QED) is 0.211. The fourth-order valence-electron chi connectivity index (χ4n) is 7.09. The Bertz CT molecular complexity index is 1830. The number of nitrogens with two attached hydrogens (primary N) is 1. The van der Waals surface area contributed by atoms with Crippen molar-refractivity contribution >= 4 is 22.6 Å². The van der Waals surface area contributed by atoms with Gasteiger partial charge in [0, 0.05) is 56.6 Å². The fraction of sp³-hybridized carbons (Fsp3) is 0.405. The lowest BCUT2D eigenvalue weighted by atomic mass is 9.96. The zero-order chi connectivity index (χ0) is 33.3. The van der Waals surface area contributed by atoms with Gasteiger partial charge in [-0.3, -0.25) is 19.3 Å². The number of para-hydroxylation sites is 1. The van der Waals surface area contributed by atoms with Crippen LogP contribution in [0, 0.1) is 11.3 Å². The molecule has 3 aliphatic heterocycles.